The smallest absolute Gasteiger partial charge is 0.257 e. The van der Waals surface area contributed by atoms with Gasteiger partial charge in [0, 0.05) is 12.2 Å². The third kappa shape index (κ3) is 3.72. The maximum absolute atomic E-state index is 13.0. The first kappa shape index (κ1) is 18.1. The van der Waals surface area contributed by atoms with Crippen LogP contribution in [0.25, 0.3) is 0 Å². The molecule has 0 saturated carbocycles. The molecule has 3 aromatic rings. The van der Waals surface area contributed by atoms with Crippen LogP contribution >= 0.6 is 0 Å². The largest absolute Gasteiger partial charge is 0.489 e. The summed E-state index contributed by atoms with van der Waals surface area (Å²) in [5.41, 5.74) is 3.80. The van der Waals surface area contributed by atoms with Crippen LogP contribution in [0.15, 0.2) is 78.9 Å². The van der Waals surface area contributed by atoms with Crippen molar-refractivity contribution in [3.05, 3.63) is 95.6 Å². The zero-order valence-corrected chi connectivity index (χ0v) is 16.0. The molecule has 4 nitrogen and oxygen atoms in total. The number of benzene rings is 3. The van der Waals surface area contributed by atoms with E-state index >= 15 is 0 Å². The van der Waals surface area contributed by atoms with E-state index in [0.717, 1.165) is 34.5 Å². The molecule has 1 aliphatic rings. The molecular weight excluding hydrogens is 348 g/mol. The quantitative estimate of drug-likeness (QED) is 0.643. The van der Waals surface area contributed by atoms with E-state index in [-0.39, 0.29) is 12.1 Å². The van der Waals surface area contributed by atoms with Gasteiger partial charge >= 0.3 is 0 Å². The van der Waals surface area contributed by atoms with E-state index in [9.17, 15) is 4.79 Å². The molecule has 0 aliphatic carbocycles. The van der Waals surface area contributed by atoms with Gasteiger partial charge in [0.1, 0.15) is 18.5 Å². The second-order valence-electron chi connectivity index (χ2n) is 6.93. The van der Waals surface area contributed by atoms with Crippen molar-refractivity contribution in [2.75, 3.05) is 11.9 Å². The maximum atomic E-state index is 13.0. The molecule has 4 heteroatoms. The van der Waals surface area contributed by atoms with E-state index in [1.165, 1.54) is 0 Å². The second kappa shape index (κ2) is 8.17. The van der Waals surface area contributed by atoms with Crippen molar-refractivity contribution in [2.24, 2.45) is 0 Å². The van der Waals surface area contributed by atoms with Crippen LogP contribution < -0.4 is 10.1 Å². The number of carbonyl (C=O) groups excluding carboxylic acids is 1. The van der Waals surface area contributed by atoms with E-state index in [1.807, 2.05) is 83.8 Å². The van der Waals surface area contributed by atoms with Crippen LogP contribution in [0.2, 0.25) is 0 Å². The molecule has 1 heterocycles. The molecule has 0 fully saturated rings. The molecule has 142 valence electrons. The van der Waals surface area contributed by atoms with Gasteiger partial charge in [-0.25, -0.2) is 0 Å². The Hall–Kier alpha value is -3.27. The zero-order chi connectivity index (χ0) is 19.3. The molecular formula is C24H24N2O2. The number of fused-ring (bicyclic) bond motifs is 1. The van der Waals surface area contributed by atoms with E-state index in [1.54, 1.807) is 0 Å². The number of rotatable bonds is 6. The molecule has 1 atom stereocenters. The van der Waals surface area contributed by atoms with Crippen molar-refractivity contribution in [1.29, 1.82) is 0 Å². The average molecular weight is 372 g/mol. The average Bonchev–Trinajstić information content (AvgIpc) is 2.75. The van der Waals surface area contributed by atoms with Crippen molar-refractivity contribution in [2.45, 2.75) is 26.1 Å². The van der Waals surface area contributed by atoms with Crippen LogP contribution in [0.1, 0.15) is 41.0 Å². The monoisotopic (exact) mass is 372 g/mol. The highest BCUT2D eigenvalue weighted by Crippen LogP contribution is 2.33. The second-order valence-corrected chi connectivity index (χ2v) is 6.93. The first-order valence-electron chi connectivity index (χ1n) is 9.69. The van der Waals surface area contributed by atoms with Crippen molar-refractivity contribution < 1.29 is 9.53 Å². The number of anilines is 1. The number of amides is 1. The van der Waals surface area contributed by atoms with Crippen molar-refractivity contribution >= 4 is 11.6 Å². The summed E-state index contributed by atoms with van der Waals surface area (Å²) in [5.74, 6) is 0.891. The molecule has 1 aliphatic heterocycles. The van der Waals surface area contributed by atoms with Crippen LogP contribution in [0.3, 0.4) is 0 Å². The third-order valence-electron chi connectivity index (χ3n) is 4.93. The van der Waals surface area contributed by atoms with Crippen LogP contribution in [-0.2, 0) is 6.61 Å². The summed E-state index contributed by atoms with van der Waals surface area (Å²) in [4.78, 5) is 14.9. The summed E-state index contributed by atoms with van der Waals surface area (Å²) in [6, 6.07) is 25.8. The molecule has 1 N–H and O–H groups in total. The Bertz CT molecular complexity index is 938. The topological polar surface area (TPSA) is 41.6 Å². The minimum atomic E-state index is -0.175. The lowest BCUT2D eigenvalue weighted by Crippen LogP contribution is -2.43. The molecule has 0 bridgehead atoms. The lowest BCUT2D eigenvalue weighted by atomic mass is 10.0. The highest BCUT2D eigenvalue weighted by Gasteiger charge is 2.32. The fourth-order valence-electron chi connectivity index (χ4n) is 3.51. The predicted molar refractivity (Wildman–Crippen MR) is 111 cm³/mol. The minimum absolute atomic E-state index is 0.0746. The van der Waals surface area contributed by atoms with Gasteiger partial charge in [0.15, 0.2) is 0 Å². The molecule has 0 spiro atoms. The first-order valence-corrected chi connectivity index (χ1v) is 9.69. The Morgan fingerprint density at radius 3 is 2.39 bits per heavy atom. The van der Waals surface area contributed by atoms with Gasteiger partial charge in [-0.05, 0) is 41.8 Å². The van der Waals surface area contributed by atoms with Gasteiger partial charge in [-0.2, -0.15) is 0 Å². The molecule has 28 heavy (non-hydrogen) atoms. The summed E-state index contributed by atoms with van der Waals surface area (Å²) < 4.78 is 5.89. The summed E-state index contributed by atoms with van der Waals surface area (Å²) in [5, 5.41) is 3.52. The standard InChI is InChI=1S/C24H24N2O2/c1-2-16-26-23(25-22-11-7-6-10-21(22)24(26)27)19-12-14-20(15-13-19)28-17-18-8-4-3-5-9-18/h3-15,23,25H,2,16-17H2,1H3. The highest BCUT2D eigenvalue weighted by atomic mass is 16.5. The van der Waals surface area contributed by atoms with E-state index < -0.39 is 0 Å². The van der Waals surface area contributed by atoms with Gasteiger partial charge < -0.3 is 15.0 Å². The van der Waals surface area contributed by atoms with E-state index in [0.29, 0.717) is 13.2 Å². The fourth-order valence-corrected chi connectivity index (χ4v) is 3.51. The van der Waals surface area contributed by atoms with Crippen molar-refractivity contribution in [3.8, 4) is 5.75 Å². The maximum Gasteiger partial charge on any atom is 0.257 e. The summed E-state index contributed by atoms with van der Waals surface area (Å²) in [7, 11) is 0. The van der Waals surface area contributed by atoms with Crippen LogP contribution in [0, 0.1) is 0 Å². The van der Waals surface area contributed by atoms with E-state index in [2.05, 4.69) is 12.2 Å². The molecule has 4 rings (SSSR count). The van der Waals surface area contributed by atoms with Crippen LogP contribution in [-0.4, -0.2) is 17.4 Å². The Morgan fingerprint density at radius 1 is 0.929 bits per heavy atom. The lowest BCUT2D eigenvalue weighted by Gasteiger charge is -2.38. The summed E-state index contributed by atoms with van der Waals surface area (Å²) >= 11 is 0. The normalized spacial score (nSPS) is 15.7. The number of carbonyl (C=O) groups is 1. The van der Waals surface area contributed by atoms with Crippen LogP contribution in [0.4, 0.5) is 5.69 Å². The van der Waals surface area contributed by atoms with E-state index in [4.69, 9.17) is 4.74 Å². The van der Waals surface area contributed by atoms with Gasteiger partial charge in [0.05, 0.1) is 5.56 Å². The number of hydrogen-bond donors (Lipinski definition) is 1. The summed E-state index contributed by atoms with van der Waals surface area (Å²) in [6.07, 6.45) is 0.732. The molecule has 1 unspecified atom stereocenters. The van der Waals surface area contributed by atoms with Crippen molar-refractivity contribution in [1.82, 2.24) is 4.90 Å². The van der Waals surface area contributed by atoms with Gasteiger partial charge in [0.25, 0.3) is 5.91 Å². The Kier molecular flexibility index (Phi) is 5.29. The molecule has 0 radical (unpaired) electrons. The predicted octanol–water partition coefficient (Wildman–Crippen LogP) is 5.24. The number of para-hydroxylation sites is 1. The number of ether oxygens (including phenoxy) is 1. The van der Waals surface area contributed by atoms with Gasteiger partial charge in [-0.3, -0.25) is 4.79 Å². The first-order chi connectivity index (χ1) is 13.8. The highest BCUT2D eigenvalue weighted by molar-refractivity contribution is 6.01. The van der Waals surface area contributed by atoms with Gasteiger partial charge in [-0.1, -0.05) is 61.5 Å². The molecule has 3 aromatic carbocycles. The Balaban J connectivity index is 1.53. The van der Waals surface area contributed by atoms with Gasteiger partial charge in [-0.15, -0.1) is 0 Å². The Morgan fingerprint density at radius 2 is 1.64 bits per heavy atom. The SMILES string of the molecule is CCCN1C(=O)c2ccccc2NC1c1ccc(OCc2ccccc2)cc1. The zero-order valence-electron chi connectivity index (χ0n) is 16.0. The number of hydrogen-bond acceptors (Lipinski definition) is 3. The fraction of sp³-hybridized carbons (Fsp3) is 0.208. The lowest BCUT2D eigenvalue weighted by molar-refractivity contribution is 0.0683. The summed E-state index contributed by atoms with van der Waals surface area (Å²) in [6.45, 7) is 3.33. The molecule has 0 aromatic heterocycles. The molecule has 0 saturated heterocycles. The minimum Gasteiger partial charge on any atom is -0.489 e. The van der Waals surface area contributed by atoms with Crippen molar-refractivity contribution in [3.63, 3.8) is 0 Å². The van der Waals surface area contributed by atoms with Gasteiger partial charge in [0.2, 0.25) is 0 Å². The third-order valence-corrected chi connectivity index (χ3v) is 4.93. The number of nitrogens with zero attached hydrogens (tertiary/aromatic N) is 1. The molecule has 1 amide bonds. The van der Waals surface area contributed by atoms with Crippen LogP contribution in [0.5, 0.6) is 5.75 Å². The Labute approximate surface area is 165 Å². The number of nitrogens with one attached hydrogen (secondary N) is 1.